The highest BCUT2D eigenvalue weighted by molar-refractivity contribution is 9.10. The van der Waals surface area contributed by atoms with Crippen LogP contribution >= 0.6 is 15.9 Å². The van der Waals surface area contributed by atoms with Crippen LogP contribution in [0.2, 0.25) is 0 Å². The summed E-state index contributed by atoms with van der Waals surface area (Å²) in [5, 5.41) is 2.88. The van der Waals surface area contributed by atoms with Crippen LogP contribution in [0.5, 0.6) is 0 Å². The van der Waals surface area contributed by atoms with Crippen LogP contribution in [0.3, 0.4) is 0 Å². The van der Waals surface area contributed by atoms with Crippen LogP contribution in [0.1, 0.15) is 5.56 Å². The van der Waals surface area contributed by atoms with Crippen molar-refractivity contribution < 1.29 is 9.18 Å². The molecule has 0 bridgehead atoms. The second kappa shape index (κ2) is 6.24. The van der Waals surface area contributed by atoms with Crippen LogP contribution in [0.25, 0.3) is 6.08 Å². The number of hydrogen-bond donors (Lipinski definition) is 1. The Bertz CT molecular complexity index is 614. The monoisotopic (exact) mass is 320 g/mol. The molecule has 3 nitrogen and oxygen atoms in total. The van der Waals surface area contributed by atoms with Gasteiger partial charge in [0.2, 0.25) is 0 Å². The summed E-state index contributed by atoms with van der Waals surface area (Å²) in [7, 11) is 0. The summed E-state index contributed by atoms with van der Waals surface area (Å²) < 4.78 is 13.5. The zero-order valence-electron chi connectivity index (χ0n) is 9.81. The Morgan fingerprint density at radius 3 is 2.79 bits per heavy atom. The molecule has 0 fully saturated rings. The van der Waals surface area contributed by atoms with Gasteiger partial charge in [0, 0.05) is 6.20 Å². The van der Waals surface area contributed by atoms with Crippen molar-refractivity contribution in [2.75, 3.05) is 5.32 Å². The summed E-state index contributed by atoms with van der Waals surface area (Å²) in [6.45, 7) is 0. The van der Waals surface area contributed by atoms with Crippen molar-refractivity contribution in [3.05, 3.63) is 64.1 Å². The Labute approximate surface area is 118 Å². The molecule has 1 N–H and O–H groups in total. The number of carbonyl (C=O) groups excluding carboxylic acids is 1. The number of hydrogen-bond acceptors (Lipinski definition) is 3. The van der Waals surface area contributed by atoms with Gasteiger partial charge in [-0.3, -0.25) is 4.79 Å². The standard InChI is InChI=1S/C14H10BrFN2O/c15-12-8-10(4-5-13(12)16)7-11(9-19)18-14-3-1-2-6-17-14/h1-9H,(H,17,18)/b11-7+. The molecule has 0 spiro atoms. The SMILES string of the molecule is O=C/C(=C\c1ccc(F)c(Br)c1)Nc1ccccn1. The van der Waals surface area contributed by atoms with E-state index in [9.17, 15) is 9.18 Å². The number of nitrogens with zero attached hydrogens (tertiary/aromatic N) is 1. The van der Waals surface area contributed by atoms with Crippen LogP contribution in [-0.4, -0.2) is 11.3 Å². The number of anilines is 1. The number of allylic oxidation sites excluding steroid dienone is 1. The minimum absolute atomic E-state index is 0.345. The Morgan fingerprint density at radius 1 is 1.32 bits per heavy atom. The van der Waals surface area contributed by atoms with Crippen LogP contribution in [-0.2, 0) is 4.79 Å². The molecule has 0 aliphatic heterocycles. The van der Waals surface area contributed by atoms with E-state index in [-0.39, 0.29) is 5.82 Å². The Kier molecular flexibility index (Phi) is 4.41. The van der Waals surface area contributed by atoms with E-state index in [0.29, 0.717) is 27.8 Å². The third-order valence-corrected chi connectivity index (χ3v) is 2.94. The van der Waals surface area contributed by atoms with Gasteiger partial charge in [-0.2, -0.15) is 0 Å². The van der Waals surface area contributed by atoms with Gasteiger partial charge in [0.1, 0.15) is 11.6 Å². The molecule has 0 amide bonds. The molecule has 0 saturated heterocycles. The molecule has 96 valence electrons. The smallest absolute Gasteiger partial charge is 0.166 e. The Morgan fingerprint density at radius 2 is 2.16 bits per heavy atom. The van der Waals surface area contributed by atoms with Crippen molar-refractivity contribution in [1.82, 2.24) is 4.98 Å². The molecule has 5 heteroatoms. The average Bonchev–Trinajstić information content (AvgIpc) is 2.43. The van der Waals surface area contributed by atoms with E-state index in [4.69, 9.17) is 0 Å². The van der Waals surface area contributed by atoms with Gasteiger partial charge in [0.25, 0.3) is 0 Å². The van der Waals surface area contributed by atoms with Gasteiger partial charge in [0.15, 0.2) is 6.29 Å². The lowest BCUT2D eigenvalue weighted by atomic mass is 10.2. The number of pyridine rings is 1. The van der Waals surface area contributed by atoms with Gasteiger partial charge in [-0.15, -0.1) is 0 Å². The summed E-state index contributed by atoms with van der Waals surface area (Å²) in [4.78, 5) is 15.1. The van der Waals surface area contributed by atoms with Gasteiger partial charge < -0.3 is 5.32 Å². The van der Waals surface area contributed by atoms with E-state index < -0.39 is 0 Å². The maximum Gasteiger partial charge on any atom is 0.166 e. The molecule has 0 saturated carbocycles. The Hall–Kier alpha value is -2.01. The molecular weight excluding hydrogens is 311 g/mol. The lowest BCUT2D eigenvalue weighted by Gasteiger charge is -2.04. The fraction of sp³-hybridized carbons (Fsp3) is 0. The van der Waals surface area contributed by atoms with Crippen molar-refractivity contribution in [2.24, 2.45) is 0 Å². The number of benzene rings is 1. The Balaban J connectivity index is 2.23. The van der Waals surface area contributed by atoms with Crippen LogP contribution in [0, 0.1) is 5.82 Å². The predicted octanol–water partition coefficient (Wildman–Crippen LogP) is 3.64. The highest BCUT2D eigenvalue weighted by atomic mass is 79.9. The van der Waals surface area contributed by atoms with Crippen LogP contribution in [0.15, 0.2) is 52.8 Å². The quantitative estimate of drug-likeness (QED) is 0.691. The molecule has 1 aromatic heterocycles. The summed E-state index contributed by atoms with van der Waals surface area (Å²) in [5.74, 6) is 0.226. The number of halogens is 2. The first-order chi connectivity index (χ1) is 9.19. The minimum Gasteiger partial charge on any atom is -0.338 e. The summed E-state index contributed by atoms with van der Waals surface area (Å²) in [5.41, 5.74) is 1.05. The van der Waals surface area contributed by atoms with Crippen LogP contribution in [0.4, 0.5) is 10.2 Å². The largest absolute Gasteiger partial charge is 0.338 e. The lowest BCUT2D eigenvalue weighted by molar-refractivity contribution is -0.104. The second-order valence-corrected chi connectivity index (χ2v) is 4.59. The van der Waals surface area contributed by atoms with Gasteiger partial charge in [0.05, 0.1) is 10.2 Å². The molecule has 0 radical (unpaired) electrons. The van der Waals surface area contributed by atoms with Gasteiger partial charge in [-0.05, 0) is 51.8 Å². The van der Waals surface area contributed by atoms with Crippen molar-refractivity contribution in [3.63, 3.8) is 0 Å². The number of aldehydes is 1. The van der Waals surface area contributed by atoms with Crippen LogP contribution < -0.4 is 5.32 Å². The van der Waals surface area contributed by atoms with Gasteiger partial charge in [-0.1, -0.05) is 12.1 Å². The lowest BCUT2D eigenvalue weighted by Crippen LogP contribution is -2.01. The van der Waals surface area contributed by atoms with E-state index in [1.165, 1.54) is 6.07 Å². The maximum absolute atomic E-state index is 13.1. The molecular formula is C14H10BrFN2O. The second-order valence-electron chi connectivity index (χ2n) is 3.73. The molecule has 0 aliphatic rings. The molecule has 0 unspecified atom stereocenters. The number of nitrogens with one attached hydrogen (secondary N) is 1. The van der Waals surface area contributed by atoms with E-state index in [2.05, 4.69) is 26.2 Å². The molecule has 0 aliphatic carbocycles. The fourth-order valence-corrected chi connectivity index (χ4v) is 1.86. The topological polar surface area (TPSA) is 42.0 Å². The first-order valence-corrected chi connectivity index (χ1v) is 6.28. The molecule has 2 aromatic rings. The molecule has 19 heavy (non-hydrogen) atoms. The molecule has 1 aromatic carbocycles. The summed E-state index contributed by atoms with van der Waals surface area (Å²) >= 11 is 3.10. The third kappa shape index (κ3) is 3.72. The van der Waals surface area contributed by atoms with Gasteiger partial charge >= 0.3 is 0 Å². The fourth-order valence-electron chi connectivity index (χ4n) is 1.47. The highest BCUT2D eigenvalue weighted by Gasteiger charge is 2.01. The molecule has 2 rings (SSSR count). The van der Waals surface area contributed by atoms with Crippen molar-refractivity contribution >= 4 is 34.1 Å². The number of aromatic nitrogens is 1. The zero-order chi connectivity index (χ0) is 13.7. The van der Waals surface area contributed by atoms with Crippen molar-refractivity contribution in [1.29, 1.82) is 0 Å². The number of rotatable bonds is 4. The molecule has 1 heterocycles. The minimum atomic E-state index is -0.345. The van der Waals surface area contributed by atoms with Crippen molar-refractivity contribution in [2.45, 2.75) is 0 Å². The number of carbonyl (C=O) groups is 1. The highest BCUT2D eigenvalue weighted by Crippen LogP contribution is 2.18. The van der Waals surface area contributed by atoms with E-state index in [0.717, 1.165) is 0 Å². The van der Waals surface area contributed by atoms with E-state index in [1.54, 1.807) is 36.5 Å². The molecule has 0 atom stereocenters. The first-order valence-electron chi connectivity index (χ1n) is 5.49. The summed E-state index contributed by atoms with van der Waals surface area (Å²) in [6.07, 6.45) is 3.93. The maximum atomic E-state index is 13.1. The average molecular weight is 321 g/mol. The van der Waals surface area contributed by atoms with Crippen molar-refractivity contribution in [3.8, 4) is 0 Å². The third-order valence-electron chi connectivity index (χ3n) is 2.33. The van der Waals surface area contributed by atoms with Gasteiger partial charge in [-0.25, -0.2) is 9.37 Å². The van der Waals surface area contributed by atoms with E-state index in [1.807, 2.05) is 6.07 Å². The zero-order valence-corrected chi connectivity index (χ0v) is 11.4. The first kappa shape index (κ1) is 13.4. The normalized spacial score (nSPS) is 11.2. The summed E-state index contributed by atoms with van der Waals surface area (Å²) in [6, 6.07) is 9.86. The predicted molar refractivity (Wildman–Crippen MR) is 76.0 cm³/mol. The van der Waals surface area contributed by atoms with E-state index >= 15 is 0 Å².